The van der Waals surface area contributed by atoms with Gasteiger partial charge in [0.25, 0.3) is 5.28 Å². The van der Waals surface area contributed by atoms with E-state index in [1.165, 1.54) is 89.9 Å². The van der Waals surface area contributed by atoms with Crippen molar-refractivity contribution in [3.05, 3.63) is 12.2 Å². The minimum absolute atomic E-state index is 0.508. The molecular formula is C28H57NO2P+. The van der Waals surface area contributed by atoms with Gasteiger partial charge in [0.1, 0.15) is 0 Å². The first-order valence-electron chi connectivity index (χ1n) is 13.9. The Labute approximate surface area is 202 Å². The molecule has 0 aliphatic rings. The maximum absolute atomic E-state index is 12.1. The molecule has 190 valence electrons. The van der Waals surface area contributed by atoms with Gasteiger partial charge in [0.2, 0.25) is 0 Å². The second kappa shape index (κ2) is 20.2. The summed E-state index contributed by atoms with van der Waals surface area (Å²) < 4.78 is 12.6. The minimum Gasteiger partial charge on any atom is -0.590 e. The molecule has 0 amide bonds. The van der Waals surface area contributed by atoms with Crippen LogP contribution in [0.2, 0.25) is 0 Å². The predicted octanol–water partition coefficient (Wildman–Crippen LogP) is 8.89. The summed E-state index contributed by atoms with van der Waals surface area (Å²) in [4.78, 5) is 12.1. The molecule has 3 nitrogen and oxygen atoms in total. The van der Waals surface area contributed by atoms with Crippen LogP contribution in [0, 0.1) is 0 Å². The van der Waals surface area contributed by atoms with E-state index in [1.54, 1.807) is 0 Å². The van der Waals surface area contributed by atoms with E-state index in [9.17, 15) is 9.46 Å². The van der Waals surface area contributed by atoms with Crippen LogP contribution >= 0.6 is 8.03 Å². The highest BCUT2D eigenvalue weighted by atomic mass is 31.1. The van der Waals surface area contributed by atoms with Gasteiger partial charge in [-0.3, -0.25) is 4.48 Å². The molecule has 0 heterocycles. The summed E-state index contributed by atoms with van der Waals surface area (Å²) in [5.74, 6) is 0. The van der Waals surface area contributed by atoms with Gasteiger partial charge in [-0.1, -0.05) is 108 Å². The standard InChI is InChI=1S/C28H57NO2P/c1-6-8-9-10-11-12-13-14-15-16-17-18-19-20-21-22-23-24-25-27-28(26-7-2,32(30)31)29(3,4)5/h21-22H,6-20,23-27H2,1-5H3/q+1/b22-21-. The fraction of sp³-hybridized carbons (Fsp3) is 0.929. The normalized spacial score (nSPS) is 14.8. The Balaban J connectivity index is 3.66. The van der Waals surface area contributed by atoms with E-state index in [4.69, 9.17) is 0 Å². The Bertz CT molecular complexity index is 473. The molecule has 0 bridgehead atoms. The number of rotatable bonds is 23. The van der Waals surface area contributed by atoms with Crippen LogP contribution in [0.3, 0.4) is 0 Å². The lowest BCUT2D eigenvalue weighted by atomic mass is 10.00. The van der Waals surface area contributed by atoms with Gasteiger partial charge in [-0.25, -0.2) is 0 Å². The van der Waals surface area contributed by atoms with E-state index in [-0.39, 0.29) is 0 Å². The highest BCUT2D eigenvalue weighted by Crippen LogP contribution is 2.45. The number of quaternary nitrogens is 1. The first-order valence-corrected chi connectivity index (χ1v) is 15.1. The maximum Gasteiger partial charge on any atom is 0.376 e. The molecule has 32 heavy (non-hydrogen) atoms. The minimum atomic E-state index is -2.43. The molecule has 4 heteroatoms. The van der Waals surface area contributed by atoms with Crippen molar-refractivity contribution in [1.29, 1.82) is 0 Å². The number of hydrogen-bond donors (Lipinski definition) is 0. The topological polar surface area (TPSA) is 40.1 Å². The van der Waals surface area contributed by atoms with Crippen LogP contribution in [0.25, 0.3) is 0 Å². The fourth-order valence-electron chi connectivity index (χ4n) is 4.81. The van der Waals surface area contributed by atoms with Crippen LogP contribution < -0.4 is 4.89 Å². The van der Waals surface area contributed by atoms with E-state index in [0.717, 1.165) is 38.5 Å². The van der Waals surface area contributed by atoms with Crippen LogP contribution in [0.5, 0.6) is 0 Å². The van der Waals surface area contributed by atoms with E-state index >= 15 is 0 Å². The number of hydrogen-bond acceptors (Lipinski definition) is 2. The Morgan fingerprint density at radius 3 is 1.41 bits per heavy atom. The lowest BCUT2D eigenvalue weighted by Gasteiger charge is -2.39. The van der Waals surface area contributed by atoms with Gasteiger partial charge in [-0.15, -0.1) is 0 Å². The van der Waals surface area contributed by atoms with Crippen LogP contribution in [0.15, 0.2) is 12.2 Å². The van der Waals surface area contributed by atoms with Gasteiger partial charge < -0.3 is 4.89 Å². The molecule has 2 atom stereocenters. The third-order valence-electron chi connectivity index (χ3n) is 7.08. The van der Waals surface area contributed by atoms with Crippen molar-refractivity contribution in [3.63, 3.8) is 0 Å². The fourth-order valence-corrected chi connectivity index (χ4v) is 6.05. The van der Waals surface area contributed by atoms with Gasteiger partial charge in [-0.05, 0) is 38.5 Å². The number of nitrogens with zero attached hydrogens (tertiary/aromatic N) is 1. The Hall–Kier alpha value is -0.240. The highest BCUT2D eigenvalue weighted by molar-refractivity contribution is 7.38. The largest absolute Gasteiger partial charge is 0.590 e. The van der Waals surface area contributed by atoms with E-state index in [1.807, 2.05) is 21.1 Å². The molecule has 0 fully saturated rings. The summed E-state index contributed by atoms with van der Waals surface area (Å²) >= 11 is 0. The first-order chi connectivity index (χ1) is 15.3. The van der Waals surface area contributed by atoms with Crippen molar-refractivity contribution >= 4 is 8.03 Å². The molecule has 0 aromatic rings. The van der Waals surface area contributed by atoms with Crippen LogP contribution in [0.4, 0.5) is 0 Å². The average molecular weight is 471 g/mol. The van der Waals surface area contributed by atoms with Gasteiger partial charge in [0.15, 0.2) is 0 Å². The van der Waals surface area contributed by atoms with E-state index in [2.05, 4.69) is 26.0 Å². The first kappa shape index (κ1) is 31.8. The van der Waals surface area contributed by atoms with Crippen molar-refractivity contribution in [1.82, 2.24) is 0 Å². The zero-order valence-corrected chi connectivity index (χ0v) is 23.4. The van der Waals surface area contributed by atoms with Gasteiger partial charge in [-0.2, -0.15) is 0 Å². The molecular weight excluding hydrogens is 413 g/mol. The summed E-state index contributed by atoms with van der Waals surface area (Å²) in [5.41, 5.74) is 0. The molecule has 0 aliphatic heterocycles. The second-order valence-electron chi connectivity index (χ2n) is 10.8. The van der Waals surface area contributed by atoms with Crippen molar-refractivity contribution in [2.75, 3.05) is 21.1 Å². The lowest BCUT2D eigenvalue weighted by Crippen LogP contribution is -2.55. The molecule has 0 saturated heterocycles. The summed E-state index contributed by atoms with van der Waals surface area (Å²) in [7, 11) is 3.64. The molecule has 0 N–H and O–H groups in total. The molecule has 0 saturated carbocycles. The maximum atomic E-state index is 12.1. The van der Waals surface area contributed by atoms with Gasteiger partial charge >= 0.3 is 8.03 Å². The summed E-state index contributed by atoms with van der Waals surface area (Å²) in [6.45, 7) is 4.37. The zero-order chi connectivity index (χ0) is 24.1. The number of allylic oxidation sites excluding steroid dienone is 2. The smallest absolute Gasteiger partial charge is 0.376 e. The SMILES string of the molecule is CCCCCCCCCCCCCCC/C=C\CCCCC(CCC)([P+](=O)[O-])[N+](C)(C)C. The average Bonchev–Trinajstić information content (AvgIpc) is 2.73. The van der Waals surface area contributed by atoms with Crippen molar-refractivity contribution < 1.29 is 13.9 Å². The van der Waals surface area contributed by atoms with Crippen molar-refractivity contribution in [2.24, 2.45) is 0 Å². The molecule has 0 aromatic carbocycles. The zero-order valence-electron chi connectivity index (χ0n) is 22.5. The van der Waals surface area contributed by atoms with Gasteiger partial charge in [0, 0.05) is 12.8 Å². The Morgan fingerprint density at radius 2 is 1.03 bits per heavy atom. The quantitative estimate of drug-likeness (QED) is 0.0647. The van der Waals surface area contributed by atoms with E-state index in [0.29, 0.717) is 4.48 Å². The molecule has 0 spiro atoms. The Morgan fingerprint density at radius 1 is 0.625 bits per heavy atom. The van der Waals surface area contributed by atoms with Crippen molar-refractivity contribution in [2.45, 2.75) is 148 Å². The molecule has 2 unspecified atom stereocenters. The van der Waals surface area contributed by atoms with Gasteiger partial charge in [0.05, 0.1) is 21.1 Å². The molecule has 0 radical (unpaired) electrons. The van der Waals surface area contributed by atoms with Crippen molar-refractivity contribution in [3.8, 4) is 0 Å². The molecule has 0 aromatic heterocycles. The van der Waals surface area contributed by atoms with Crippen LogP contribution in [-0.2, 0) is 4.57 Å². The number of unbranched alkanes of at least 4 members (excludes halogenated alkanes) is 15. The lowest BCUT2D eigenvalue weighted by molar-refractivity contribution is -0.910. The van der Waals surface area contributed by atoms with Crippen LogP contribution in [0.1, 0.15) is 142 Å². The third-order valence-corrected chi connectivity index (χ3v) is 8.80. The highest BCUT2D eigenvalue weighted by Gasteiger charge is 2.53. The predicted molar refractivity (Wildman–Crippen MR) is 141 cm³/mol. The third kappa shape index (κ3) is 14.8. The summed E-state index contributed by atoms with van der Waals surface area (Å²) in [6, 6.07) is 0. The van der Waals surface area contributed by atoms with Crippen LogP contribution in [-0.4, -0.2) is 30.9 Å². The second-order valence-corrected chi connectivity index (χ2v) is 12.1. The summed E-state index contributed by atoms with van der Waals surface area (Å²) in [5, 5.41) is -0.609. The van der Waals surface area contributed by atoms with E-state index < -0.39 is 13.3 Å². The Kier molecular flexibility index (Phi) is 20.0. The monoisotopic (exact) mass is 470 g/mol. The summed E-state index contributed by atoms with van der Waals surface area (Å²) in [6.07, 6.45) is 29.7. The molecule has 0 aliphatic carbocycles. The molecule has 0 rings (SSSR count).